The Morgan fingerprint density at radius 2 is 1.36 bits per heavy atom. The van der Waals surface area contributed by atoms with Crippen molar-refractivity contribution in [3.63, 3.8) is 0 Å². The Morgan fingerprint density at radius 3 is 1.83 bits per heavy atom. The van der Waals surface area contributed by atoms with Crippen LogP contribution in [-0.4, -0.2) is 40.9 Å². The van der Waals surface area contributed by atoms with Crippen LogP contribution in [0.5, 0.6) is 17.2 Å². The van der Waals surface area contributed by atoms with Crippen molar-refractivity contribution in [3.05, 3.63) is 77.9 Å². The molecule has 0 aromatic heterocycles. The minimum Gasteiger partial charge on any atom is -0.493 e. The summed E-state index contributed by atoms with van der Waals surface area (Å²) in [5, 5.41) is 13.8. The summed E-state index contributed by atoms with van der Waals surface area (Å²) < 4.78 is 24.3. The summed E-state index contributed by atoms with van der Waals surface area (Å²) >= 11 is 0. The normalized spacial score (nSPS) is 18.2. The molecule has 0 fully saturated rings. The van der Waals surface area contributed by atoms with Crippen LogP contribution in [0.2, 0.25) is 5.04 Å². The fourth-order valence-electron chi connectivity index (χ4n) is 5.64. The molecule has 0 amide bonds. The molecule has 36 heavy (non-hydrogen) atoms. The van der Waals surface area contributed by atoms with E-state index in [9.17, 15) is 5.11 Å². The monoisotopic (exact) mass is 506 g/mol. The first kappa shape index (κ1) is 26.3. The summed E-state index contributed by atoms with van der Waals surface area (Å²) in [4.78, 5) is 0. The van der Waals surface area contributed by atoms with Crippen molar-refractivity contribution in [1.82, 2.24) is 0 Å². The minimum atomic E-state index is -2.74. The van der Waals surface area contributed by atoms with Crippen molar-refractivity contribution in [3.8, 4) is 17.2 Å². The second-order valence-corrected chi connectivity index (χ2v) is 14.7. The van der Waals surface area contributed by atoms with Gasteiger partial charge in [-0.25, -0.2) is 0 Å². The number of aliphatic hydroxyl groups excluding tert-OH is 1. The third kappa shape index (κ3) is 4.65. The molecule has 0 heterocycles. The number of hydrogen-bond donors (Lipinski definition) is 1. The summed E-state index contributed by atoms with van der Waals surface area (Å²) in [5.41, 5.74) is 1.77. The third-order valence-electron chi connectivity index (χ3n) is 7.29. The van der Waals surface area contributed by atoms with E-state index in [1.54, 1.807) is 21.3 Å². The Hall–Kier alpha value is -2.80. The van der Waals surface area contributed by atoms with Crippen molar-refractivity contribution in [2.75, 3.05) is 21.3 Å². The lowest BCUT2D eigenvalue weighted by Crippen LogP contribution is -2.67. The van der Waals surface area contributed by atoms with Crippen molar-refractivity contribution < 1.29 is 23.7 Å². The van der Waals surface area contributed by atoms with Crippen LogP contribution < -0.4 is 24.6 Å². The molecule has 3 aromatic carbocycles. The zero-order valence-corrected chi connectivity index (χ0v) is 23.2. The predicted octanol–water partition coefficient (Wildman–Crippen LogP) is 5.03. The van der Waals surface area contributed by atoms with Crippen molar-refractivity contribution >= 4 is 18.7 Å². The molecule has 1 unspecified atom stereocenters. The third-order valence-corrected chi connectivity index (χ3v) is 12.4. The van der Waals surface area contributed by atoms with E-state index in [0.29, 0.717) is 30.1 Å². The maximum atomic E-state index is 11.4. The minimum absolute atomic E-state index is 0.135. The maximum absolute atomic E-state index is 11.4. The van der Waals surface area contributed by atoms with Gasteiger partial charge < -0.3 is 23.7 Å². The van der Waals surface area contributed by atoms with Crippen molar-refractivity contribution in [1.29, 1.82) is 0 Å². The first-order valence-electron chi connectivity index (χ1n) is 12.6. The molecular weight excluding hydrogens is 468 g/mol. The van der Waals surface area contributed by atoms with E-state index in [1.165, 1.54) is 10.4 Å². The molecule has 192 valence electrons. The van der Waals surface area contributed by atoms with E-state index >= 15 is 0 Å². The van der Waals surface area contributed by atoms with Crippen molar-refractivity contribution in [2.45, 2.75) is 57.3 Å². The molecule has 0 radical (unpaired) electrons. The molecule has 1 N–H and O–H groups in total. The Labute approximate surface area is 216 Å². The molecule has 0 bridgehead atoms. The fourth-order valence-corrected chi connectivity index (χ4v) is 10.4. The Bertz CT molecular complexity index is 1120. The second-order valence-electron chi connectivity index (χ2n) is 10.4. The zero-order chi connectivity index (χ0) is 25.9. The number of aliphatic hydroxyl groups is 1. The van der Waals surface area contributed by atoms with Gasteiger partial charge in [0.25, 0.3) is 8.32 Å². The molecule has 2 atom stereocenters. The highest BCUT2D eigenvalue weighted by Gasteiger charge is 2.51. The molecule has 0 saturated carbocycles. The SMILES string of the molecule is COc1cc2c(c(OC)c1OC)CC[C@@H](O[Si](c1ccccc1)(c1ccccc1)C(C)(C)C)CC2O. The van der Waals surface area contributed by atoms with Crippen LogP contribution in [0.15, 0.2) is 66.7 Å². The van der Waals surface area contributed by atoms with Gasteiger partial charge >= 0.3 is 0 Å². The topological polar surface area (TPSA) is 57.2 Å². The van der Waals surface area contributed by atoms with Gasteiger partial charge in [0.1, 0.15) is 0 Å². The number of benzene rings is 3. The highest BCUT2D eigenvalue weighted by Crippen LogP contribution is 2.47. The van der Waals surface area contributed by atoms with Crippen LogP contribution >= 0.6 is 0 Å². The van der Waals surface area contributed by atoms with Gasteiger partial charge in [-0.1, -0.05) is 81.4 Å². The van der Waals surface area contributed by atoms with E-state index in [4.69, 9.17) is 18.6 Å². The van der Waals surface area contributed by atoms with E-state index in [2.05, 4.69) is 81.4 Å². The van der Waals surface area contributed by atoms with Gasteiger partial charge in [0.2, 0.25) is 5.75 Å². The Kier molecular flexibility index (Phi) is 7.78. The predicted molar refractivity (Wildman–Crippen MR) is 146 cm³/mol. The number of ether oxygens (including phenoxy) is 3. The quantitative estimate of drug-likeness (QED) is 0.360. The molecule has 1 aliphatic rings. The maximum Gasteiger partial charge on any atom is 0.261 e. The highest BCUT2D eigenvalue weighted by atomic mass is 28.4. The van der Waals surface area contributed by atoms with E-state index in [-0.39, 0.29) is 11.1 Å². The second kappa shape index (κ2) is 10.7. The molecule has 4 rings (SSSR count). The van der Waals surface area contributed by atoms with Gasteiger partial charge in [0.05, 0.1) is 27.4 Å². The standard InChI is InChI=1S/C30H38O5Si/c1-30(2,3)36(22-13-9-7-10-14-22,23-15-11-8-12-16-23)35-21-17-18-24-25(26(31)19-21)20-27(32-4)29(34-6)28(24)33-5/h7-16,20-21,26,31H,17-19H2,1-6H3/t21-,26?/m1/s1. The molecule has 6 heteroatoms. The smallest absolute Gasteiger partial charge is 0.261 e. The summed E-state index contributed by atoms with van der Waals surface area (Å²) in [5.74, 6) is 1.73. The first-order valence-corrected chi connectivity index (χ1v) is 14.5. The van der Waals surface area contributed by atoms with Gasteiger partial charge in [0, 0.05) is 18.1 Å². The van der Waals surface area contributed by atoms with Crippen LogP contribution in [0.1, 0.15) is 50.8 Å². The van der Waals surface area contributed by atoms with Gasteiger partial charge in [-0.15, -0.1) is 0 Å². The van der Waals surface area contributed by atoms with Crippen LogP contribution in [0.3, 0.4) is 0 Å². The lowest BCUT2D eigenvalue weighted by Gasteiger charge is -2.45. The summed E-state index contributed by atoms with van der Waals surface area (Å²) in [7, 11) is 2.09. The van der Waals surface area contributed by atoms with Gasteiger partial charge in [-0.3, -0.25) is 0 Å². The molecular formula is C30H38O5Si. The molecule has 0 aliphatic heterocycles. The lowest BCUT2D eigenvalue weighted by molar-refractivity contribution is 0.0898. The summed E-state index contributed by atoms with van der Waals surface area (Å²) in [6, 6.07) is 23.2. The number of rotatable bonds is 7. The van der Waals surface area contributed by atoms with E-state index in [1.807, 2.05) is 6.07 Å². The molecule has 0 saturated heterocycles. The zero-order valence-electron chi connectivity index (χ0n) is 22.2. The van der Waals surface area contributed by atoms with Crippen LogP contribution in [-0.2, 0) is 10.8 Å². The molecule has 1 aliphatic carbocycles. The summed E-state index contributed by atoms with van der Waals surface area (Å²) in [6.07, 6.45) is 1.12. The number of hydrogen-bond acceptors (Lipinski definition) is 5. The number of methoxy groups -OCH3 is 3. The van der Waals surface area contributed by atoms with Crippen LogP contribution in [0.25, 0.3) is 0 Å². The average molecular weight is 507 g/mol. The van der Waals surface area contributed by atoms with E-state index < -0.39 is 14.4 Å². The van der Waals surface area contributed by atoms with Crippen LogP contribution in [0, 0.1) is 0 Å². The Balaban J connectivity index is 1.79. The van der Waals surface area contributed by atoms with Crippen LogP contribution in [0.4, 0.5) is 0 Å². The fraction of sp³-hybridized carbons (Fsp3) is 0.400. The largest absolute Gasteiger partial charge is 0.493 e. The first-order chi connectivity index (χ1) is 17.3. The molecule has 5 nitrogen and oxygen atoms in total. The van der Waals surface area contributed by atoms with Gasteiger partial charge in [-0.05, 0) is 39.9 Å². The average Bonchev–Trinajstić information content (AvgIpc) is 3.04. The Morgan fingerprint density at radius 1 is 0.806 bits per heavy atom. The highest BCUT2D eigenvalue weighted by molar-refractivity contribution is 6.99. The van der Waals surface area contributed by atoms with Gasteiger partial charge in [0.15, 0.2) is 11.5 Å². The number of fused-ring (bicyclic) bond motifs is 1. The summed E-state index contributed by atoms with van der Waals surface area (Å²) in [6.45, 7) is 6.83. The van der Waals surface area contributed by atoms with E-state index in [0.717, 1.165) is 17.5 Å². The van der Waals surface area contributed by atoms with Crippen molar-refractivity contribution in [2.24, 2.45) is 0 Å². The van der Waals surface area contributed by atoms with Gasteiger partial charge in [-0.2, -0.15) is 0 Å². The molecule has 0 spiro atoms. The lowest BCUT2D eigenvalue weighted by atomic mass is 9.98. The molecule has 3 aromatic rings.